The van der Waals surface area contributed by atoms with Gasteiger partial charge in [0.1, 0.15) is 12.4 Å². The summed E-state index contributed by atoms with van der Waals surface area (Å²) in [5.41, 5.74) is 2.85. The molecule has 142 valence electrons. The quantitative estimate of drug-likeness (QED) is 0.740. The van der Waals surface area contributed by atoms with E-state index in [4.69, 9.17) is 4.52 Å². The number of hydrogen-bond acceptors (Lipinski definition) is 5. The van der Waals surface area contributed by atoms with Gasteiger partial charge in [-0.1, -0.05) is 28.9 Å². The first-order valence-corrected chi connectivity index (χ1v) is 8.81. The molecule has 0 atom stereocenters. The Kier molecular flexibility index (Phi) is 5.25. The molecule has 1 N–H and O–H groups in total. The third-order valence-corrected chi connectivity index (χ3v) is 4.05. The van der Waals surface area contributed by atoms with Gasteiger partial charge < -0.3 is 9.42 Å². The first-order chi connectivity index (χ1) is 12.8. The topological polar surface area (TPSA) is 89.1 Å². The van der Waals surface area contributed by atoms with Crippen molar-refractivity contribution in [2.75, 3.05) is 12.4 Å². The van der Waals surface area contributed by atoms with Crippen LogP contribution in [0.5, 0.6) is 0 Å². The summed E-state index contributed by atoms with van der Waals surface area (Å²) in [4.78, 5) is 18.4. The number of nitrogens with zero attached hydrogens (tertiary/aromatic N) is 5. The van der Waals surface area contributed by atoms with Crippen LogP contribution in [0.25, 0.3) is 11.4 Å². The minimum Gasteiger partial charge on any atom is -0.337 e. The summed E-state index contributed by atoms with van der Waals surface area (Å²) in [6, 6.07) is 9.58. The smallest absolute Gasteiger partial charge is 0.323 e. The Morgan fingerprint density at radius 3 is 2.78 bits per heavy atom. The zero-order valence-electron chi connectivity index (χ0n) is 16.2. The second kappa shape index (κ2) is 7.61. The molecule has 0 spiro atoms. The van der Waals surface area contributed by atoms with E-state index in [2.05, 4.69) is 20.6 Å². The molecule has 0 unspecified atom stereocenters. The van der Waals surface area contributed by atoms with Crippen molar-refractivity contribution < 1.29 is 9.32 Å². The number of rotatable bonds is 5. The summed E-state index contributed by atoms with van der Waals surface area (Å²) >= 11 is 0. The van der Waals surface area contributed by atoms with E-state index in [1.54, 1.807) is 11.7 Å². The predicted molar refractivity (Wildman–Crippen MR) is 102 cm³/mol. The summed E-state index contributed by atoms with van der Waals surface area (Å²) in [6.07, 6.45) is 0. The van der Waals surface area contributed by atoms with E-state index in [1.165, 1.54) is 4.90 Å². The van der Waals surface area contributed by atoms with Crippen LogP contribution in [0.3, 0.4) is 0 Å². The number of anilines is 1. The number of nitrogens with one attached hydrogen (secondary N) is 1. The van der Waals surface area contributed by atoms with Gasteiger partial charge in [0.05, 0.1) is 5.69 Å². The highest BCUT2D eigenvalue weighted by atomic mass is 16.5. The minimum absolute atomic E-state index is 0.145. The molecule has 27 heavy (non-hydrogen) atoms. The van der Waals surface area contributed by atoms with Gasteiger partial charge >= 0.3 is 6.03 Å². The van der Waals surface area contributed by atoms with Crippen molar-refractivity contribution >= 4 is 11.8 Å². The van der Waals surface area contributed by atoms with Gasteiger partial charge in [-0.05, 0) is 33.8 Å². The maximum atomic E-state index is 12.5. The number of carbonyl (C=O) groups is 1. The Bertz CT molecular complexity index is 943. The molecular weight excluding hydrogens is 344 g/mol. The normalized spacial score (nSPS) is 11.0. The molecule has 0 aliphatic heterocycles. The highest BCUT2D eigenvalue weighted by molar-refractivity contribution is 5.88. The van der Waals surface area contributed by atoms with Crippen molar-refractivity contribution in [2.45, 2.75) is 40.3 Å². The average Bonchev–Trinajstić information content (AvgIpc) is 3.21. The van der Waals surface area contributed by atoms with E-state index in [0.29, 0.717) is 17.5 Å². The number of aryl methyl sites for hydroxylation is 2. The minimum atomic E-state index is -0.271. The van der Waals surface area contributed by atoms with E-state index in [0.717, 1.165) is 16.8 Å². The summed E-state index contributed by atoms with van der Waals surface area (Å²) in [7, 11) is 1.68. The lowest BCUT2D eigenvalue weighted by Crippen LogP contribution is -2.32. The van der Waals surface area contributed by atoms with Crippen molar-refractivity contribution in [2.24, 2.45) is 0 Å². The van der Waals surface area contributed by atoms with Gasteiger partial charge in [-0.3, -0.25) is 5.32 Å². The summed E-state index contributed by atoms with van der Waals surface area (Å²) in [6.45, 7) is 8.13. The molecule has 8 nitrogen and oxygen atoms in total. The number of urea groups is 1. The fourth-order valence-electron chi connectivity index (χ4n) is 2.70. The molecule has 0 aliphatic rings. The zero-order valence-corrected chi connectivity index (χ0v) is 16.2. The Morgan fingerprint density at radius 2 is 2.07 bits per heavy atom. The van der Waals surface area contributed by atoms with Gasteiger partial charge in [-0.2, -0.15) is 10.1 Å². The molecule has 0 aliphatic carbocycles. The molecule has 1 aromatic carbocycles. The molecule has 0 bridgehead atoms. The highest BCUT2D eigenvalue weighted by Gasteiger charge is 2.17. The van der Waals surface area contributed by atoms with E-state index >= 15 is 0 Å². The van der Waals surface area contributed by atoms with Crippen molar-refractivity contribution in [1.82, 2.24) is 24.8 Å². The van der Waals surface area contributed by atoms with Gasteiger partial charge in [-0.15, -0.1) is 0 Å². The number of amides is 2. The molecule has 8 heteroatoms. The fraction of sp³-hybridized carbons (Fsp3) is 0.368. The van der Waals surface area contributed by atoms with Crippen LogP contribution in [0.1, 0.15) is 37.0 Å². The van der Waals surface area contributed by atoms with E-state index < -0.39 is 0 Å². The van der Waals surface area contributed by atoms with E-state index in [1.807, 2.05) is 58.0 Å². The standard InChI is InChI=1S/C19H24N6O2/c1-12(2)25-16(10-14(4)22-25)20-19(26)24(5)11-17-21-18(23-27-17)15-8-6-7-13(3)9-15/h6-10,12H,11H2,1-5H3,(H,20,26). The molecule has 2 amide bonds. The molecule has 2 heterocycles. The SMILES string of the molecule is Cc1cccc(-c2noc(CN(C)C(=O)Nc3cc(C)nn3C(C)C)n2)c1. The monoisotopic (exact) mass is 368 g/mol. The van der Waals surface area contributed by atoms with Crippen molar-refractivity contribution in [3.05, 3.63) is 47.5 Å². The number of carbonyl (C=O) groups excluding carboxylic acids is 1. The molecular formula is C19H24N6O2. The number of hydrogen-bond donors (Lipinski definition) is 1. The van der Waals surface area contributed by atoms with Crippen molar-refractivity contribution in [1.29, 1.82) is 0 Å². The maximum absolute atomic E-state index is 12.5. The van der Waals surface area contributed by atoms with Crippen LogP contribution in [0, 0.1) is 13.8 Å². The molecule has 0 radical (unpaired) electrons. The average molecular weight is 368 g/mol. The van der Waals surface area contributed by atoms with Crippen LogP contribution in [-0.2, 0) is 6.54 Å². The second-order valence-electron chi connectivity index (χ2n) is 6.88. The number of aromatic nitrogens is 4. The summed E-state index contributed by atoms with van der Waals surface area (Å²) < 4.78 is 7.08. The summed E-state index contributed by atoms with van der Waals surface area (Å²) in [5.74, 6) is 1.54. The summed E-state index contributed by atoms with van der Waals surface area (Å²) in [5, 5.41) is 11.3. The third-order valence-electron chi connectivity index (χ3n) is 4.05. The van der Waals surface area contributed by atoms with Crippen LogP contribution in [0.4, 0.5) is 10.6 Å². The van der Waals surface area contributed by atoms with Crippen LogP contribution < -0.4 is 5.32 Å². The van der Waals surface area contributed by atoms with Gasteiger partial charge in [0.25, 0.3) is 0 Å². The molecule has 3 rings (SSSR count). The predicted octanol–water partition coefficient (Wildman–Crippen LogP) is 3.79. The second-order valence-corrected chi connectivity index (χ2v) is 6.88. The Morgan fingerprint density at radius 1 is 1.30 bits per heavy atom. The molecule has 0 saturated heterocycles. The fourth-order valence-corrected chi connectivity index (χ4v) is 2.70. The van der Waals surface area contributed by atoms with E-state index in [-0.39, 0.29) is 18.6 Å². The first-order valence-electron chi connectivity index (χ1n) is 8.81. The van der Waals surface area contributed by atoms with E-state index in [9.17, 15) is 4.79 Å². The third kappa shape index (κ3) is 4.33. The van der Waals surface area contributed by atoms with Gasteiger partial charge in [0.2, 0.25) is 11.7 Å². The first kappa shape index (κ1) is 18.6. The largest absolute Gasteiger partial charge is 0.337 e. The lowest BCUT2D eigenvalue weighted by molar-refractivity contribution is 0.212. The van der Waals surface area contributed by atoms with Gasteiger partial charge in [0, 0.05) is 24.7 Å². The van der Waals surface area contributed by atoms with Crippen molar-refractivity contribution in [3.8, 4) is 11.4 Å². The van der Waals surface area contributed by atoms with Crippen LogP contribution >= 0.6 is 0 Å². The maximum Gasteiger partial charge on any atom is 0.323 e. The highest BCUT2D eigenvalue weighted by Crippen LogP contribution is 2.19. The lowest BCUT2D eigenvalue weighted by atomic mass is 10.1. The van der Waals surface area contributed by atoms with Crippen LogP contribution in [-0.4, -0.2) is 37.9 Å². The lowest BCUT2D eigenvalue weighted by Gasteiger charge is -2.17. The van der Waals surface area contributed by atoms with Gasteiger partial charge in [-0.25, -0.2) is 9.48 Å². The Hall–Kier alpha value is -3.16. The Balaban J connectivity index is 1.67. The van der Waals surface area contributed by atoms with Crippen molar-refractivity contribution in [3.63, 3.8) is 0 Å². The Labute approximate surface area is 158 Å². The molecule has 0 saturated carbocycles. The number of benzene rings is 1. The molecule has 0 fully saturated rings. The van der Waals surface area contributed by atoms with Crippen LogP contribution in [0.2, 0.25) is 0 Å². The molecule has 2 aromatic heterocycles. The van der Waals surface area contributed by atoms with Crippen LogP contribution in [0.15, 0.2) is 34.9 Å². The van der Waals surface area contributed by atoms with Gasteiger partial charge in [0.15, 0.2) is 0 Å². The zero-order chi connectivity index (χ0) is 19.6. The molecule has 3 aromatic rings.